The highest BCUT2D eigenvalue weighted by atomic mass is 35.5. The predicted octanol–water partition coefficient (Wildman–Crippen LogP) is 6.40. The molecule has 1 heterocycles. The maximum Gasteiger partial charge on any atom is 0.277 e. The van der Waals surface area contributed by atoms with E-state index in [0.717, 1.165) is 28.2 Å². The highest BCUT2D eigenvalue weighted by Gasteiger charge is 2.18. The summed E-state index contributed by atoms with van der Waals surface area (Å²) in [5.74, 6) is 0.702. The van der Waals surface area contributed by atoms with Gasteiger partial charge >= 0.3 is 0 Å². The molecule has 158 valence electrons. The lowest BCUT2D eigenvalue weighted by molar-refractivity contribution is -0.113. The van der Waals surface area contributed by atoms with Crippen LogP contribution in [0, 0.1) is 0 Å². The van der Waals surface area contributed by atoms with Gasteiger partial charge in [-0.25, -0.2) is 0 Å². The second-order valence-corrected chi connectivity index (χ2v) is 8.41. The van der Waals surface area contributed by atoms with Crippen LogP contribution in [0.15, 0.2) is 70.3 Å². The fraction of sp³-hybridized carbons (Fsp3) is 0.136. The summed E-state index contributed by atoms with van der Waals surface area (Å²) in [4.78, 5) is 12.3. The van der Waals surface area contributed by atoms with Crippen molar-refractivity contribution in [2.45, 2.75) is 18.3 Å². The molecule has 0 unspecified atom stereocenters. The zero-order valence-electron chi connectivity index (χ0n) is 16.3. The van der Waals surface area contributed by atoms with Crippen LogP contribution in [-0.2, 0) is 4.79 Å². The van der Waals surface area contributed by atoms with Gasteiger partial charge in [-0.2, -0.15) is 0 Å². The summed E-state index contributed by atoms with van der Waals surface area (Å²) in [7, 11) is 0. The van der Waals surface area contributed by atoms with Crippen LogP contribution in [0.4, 0.5) is 5.69 Å². The van der Waals surface area contributed by atoms with Crippen LogP contribution in [-0.4, -0.2) is 21.9 Å². The number of hydrogen-bond donors (Lipinski definition) is 1. The Morgan fingerprint density at radius 3 is 2.71 bits per heavy atom. The number of benzene rings is 3. The van der Waals surface area contributed by atoms with Crippen molar-refractivity contribution >= 4 is 57.3 Å². The molecule has 0 bridgehead atoms. The average molecular weight is 474 g/mol. The van der Waals surface area contributed by atoms with E-state index in [4.69, 9.17) is 32.4 Å². The van der Waals surface area contributed by atoms with E-state index in [-0.39, 0.29) is 22.8 Å². The van der Waals surface area contributed by atoms with Crippen molar-refractivity contribution in [3.8, 4) is 5.75 Å². The van der Waals surface area contributed by atoms with Crippen LogP contribution < -0.4 is 10.1 Å². The van der Waals surface area contributed by atoms with Crippen LogP contribution in [0.1, 0.15) is 18.9 Å². The van der Waals surface area contributed by atoms with Crippen LogP contribution in [0.3, 0.4) is 0 Å². The monoisotopic (exact) mass is 473 g/mol. The van der Waals surface area contributed by atoms with Gasteiger partial charge in [0, 0.05) is 10.7 Å². The van der Waals surface area contributed by atoms with Gasteiger partial charge in [0.25, 0.3) is 11.1 Å². The molecule has 4 aromatic rings. The molecule has 0 aliphatic heterocycles. The molecule has 0 aliphatic rings. The van der Waals surface area contributed by atoms with Gasteiger partial charge in [-0.15, -0.1) is 10.2 Å². The zero-order valence-corrected chi connectivity index (χ0v) is 18.7. The summed E-state index contributed by atoms with van der Waals surface area (Å²) < 4.78 is 11.4. The van der Waals surface area contributed by atoms with Gasteiger partial charge in [0.2, 0.25) is 5.91 Å². The van der Waals surface area contributed by atoms with Crippen molar-refractivity contribution in [3.63, 3.8) is 0 Å². The second-order valence-electron chi connectivity index (χ2n) is 6.64. The largest absolute Gasteiger partial charge is 0.479 e. The Labute approximate surface area is 192 Å². The number of ether oxygens (including phenoxy) is 1. The normalized spacial score (nSPS) is 12.0. The van der Waals surface area contributed by atoms with Gasteiger partial charge in [-0.05, 0) is 48.0 Å². The van der Waals surface area contributed by atoms with E-state index in [2.05, 4.69) is 15.5 Å². The van der Waals surface area contributed by atoms with E-state index < -0.39 is 6.10 Å². The summed E-state index contributed by atoms with van der Waals surface area (Å²) in [6, 6.07) is 18.7. The minimum absolute atomic E-state index is 0.132. The molecule has 3 aromatic carbocycles. The standard InChI is InChI=1S/C22H17Cl2N3O3S/c1-13(29-19-9-7-16(23)11-18(19)24)21-26-27-22(30-21)31-12-20(28)25-17-8-6-14-4-2-3-5-15(14)10-17/h2-11,13H,12H2,1H3,(H,25,28)/t13-/m0/s1. The molecule has 0 saturated carbocycles. The Balaban J connectivity index is 1.32. The quantitative estimate of drug-likeness (QED) is 0.313. The summed E-state index contributed by atoms with van der Waals surface area (Å²) in [5.41, 5.74) is 0.734. The molecule has 1 N–H and O–H groups in total. The van der Waals surface area contributed by atoms with Crippen molar-refractivity contribution in [3.05, 3.63) is 76.6 Å². The first-order chi connectivity index (χ1) is 15.0. The van der Waals surface area contributed by atoms with Crippen LogP contribution in [0.25, 0.3) is 10.8 Å². The zero-order chi connectivity index (χ0) is 21.8. The molecule has 0 spiro atoms. The Hall–Kier alpha value is -2.74. The summed E-state index contributed by atoms with van der Waals surface area (Å²) in [5, 5.41) is 14.2. The van der Waals surface area contributed by atoms with Crippen molar-refractivity contribution in [1.29, 1.82) is 0 Å². The topological polar surface area (TPSA) is 77.2 Å². The number of carbonyl (C=O) groups is 1. The summed E-state index contributed by atoms with van der Waals surface area (Å²) >= 11 is 13.2. The summed E-state index contributed by atoms with van der Waals surface area (Å²) in [6.07, 6.45) is -0.521. The van der Waals surface area contributed by atoms with Gasteiger partial charge in [-0.1, -0.05) is 65.3 Å². The molecule has 1 amide bonds. The number of carbonyl (C=O) groups excluding carboxylic acids is 1. The van der Waals surface area contributed by atoms with E-state index in [1.807, 2.05) is 42.5 Å². The number of amides is 1. The second kappa shape index (κ2) is 9.60. The van der Waals surface area contributed by atoms with Crippen LogP contribution in [0.2, 0.25) is 10.0 Å². The maximum absolute atomic E-state index is 12.3. The molecule has 0 fully saturated rings. The minimum Gasteiger partial charge on any atom is -0.479 e. The Morgan fingerprint density at radius 1 is 1.10 bits per heavy atom. The van der Waals surface area contributed by atoms with Crippen molar-refractivity contribution in [1.82, 2.24) is 10.2 Å². The molecule has 6 nitrogen and oxygen atoms in total. The number of aromatic nitrogens is 2. The number of thioether (sulfide) groups is 1. The van der Waals surface area contributed by atoms with Gasteiger partial charge in [0.05, 0.1) is 10.8 Å². The molecule has 1 aromatic heterocycles. The van der Waals surface area contributed by atoms with E-state index in [0.29, 0.717) is 15.8 Å². The van der Waals surface area contributed by atoms with E-state index in [1.54, 1.807) is 25.1 Å². The van der Waals surface area contributed by atoms with E-state index >= 15 is 0 Å². The number of nitrogens with one attached hydrogen (secondary N) is 1. The Kier molecular flexibility index (Phi) is 6.65. The highest BCUT2D eigenvalue weighted by molar-refractivity contribution is 7.99. The third-order valence-corrected chi connectivity index (χ3v) is 5.68. The number of rotatable bonds is 7. The predicted molar refractivity (Wildman–Crippen MR) is 123 cm³/mol. The summed E-state index contributed by atoms with van der Waals surface area (Å²) in [6.45, 7) is 1.76. The van der Waals surface area contributed by atoms with E-state index in [9.17, 15) is 4.79 Å². The maximum atomic E-state index is 12.3. The van der Waals surface area contributed by atoms with E-state index in [1.165, 1.54) is 0 Å². The molecule has 31 heavy (non-hydrogen) atoms. The third kappa shape index (κ3) is 5.50. The SMILES string of the molecule is C[C@H](Oc1ccc(Cl)cc1Cl)c1nnc(SCC(=O)Nc2ccc3ccccc3c2)o1. The van der Waals surface area contributed by atoms with Gasteiger partial charge in [0.15, 0.2) is 6.10 Å². The fourth-order valence-corrected chi connectivity index (χ4v) is 3.87. The molecule has 0 aliphatic carbocycles. The number of halogens is 2. The number of nitrogens with zero attached hydrogens (tertiary/aromatic N) is 2. The highest BCUT2D eigenvalue weighted by Crippen LogP contribution is 2.31. The first-order valence-electron chi connectivity index (χ1n) is 9.34. The molecular formula is C22H17Cl2N3O3S. The fourth-order valence-electron chi connectivity index (χ4n) is 2.85. The molecular weight excluding hydrogens is 457 g/mol. The molecule has 4 rings (SSSR count). The third-order valence-electron chi connectivity index (χ3n) is 4.33. The lowest BCUT2D eigenvalue weighted by atomic mass is 10.1. The molecule has 0 radical (unpaired) electrons. The first kappa shape index (κ1) is 21.5. The molecule has 0 saturated heterocycles. The number of anilines is 1. The number of hydrogen-bond acceptors (Lipinski definition) is 6. The van der Waals surface area contributed by atoms with Gasteiger partial charge in [-0.3, -0.25) is 4.79 Å². The van der Waals surface area contributed by atoms with Crippen molar-refractivity contribution in [2.24, 2.45) is 0 Å². The van der Waals surface area contributed by atoms with Gasteiger partial charge < -0.3 is 14.5 Å². The Morgan fingerprint density at radius 2 is 1.90 bits per heavy atom. The lowest BCUT2D eigenvalue weighted by Gasteiger charge is -2.12. The molecule has 1 atom stereocenters. The van der Waals surface area contributed by atoms with Crippen molar-refractivity contribution < 1.29 is 13.9 Å². The minimum atomic E-state index is -0.521. The van der Waals surface area contributed by atoms with Crippen molar-refractivity contribution in [2.75, 3.05) is 11.1 Å². The molecule has 9 heteroatoms. The van der Waals surface area contributed by atoms with Gasteiger partial charge in [0.1, 0.15) is 5.75 Å². The average Bonchev–Trinajstić information content (AvgIpc) is 3.23. The smallest absolute Gasteiger partial charge is 0.277 e. The van der Waals surface area contributed by atoms with Crippen LogP contribution in [0.5, 0.6) is 5.75 Å². The van der Waals surface area contributed by atoms with Crippen LogP contribution >= 0.6 is 35.0 Å². The lowest BCUT2D eigenvalue weighted by Crippen LogP contribution is -2.13. The first-order valence-corrected chi connectivity index (χ1v) is 11.1. The Bertz CT molecular complexity index is 1230. The number of fused-ring (bicyclic) bond motifs is 1.